The van der Waals surface area contributed by atoms with Crippen molar-refractivity contribution in [3.63, 3.8) is 0 Å². The lowest BCUT2D eigenvalue weighted by Crippen LogP contribution is -2.50. The summed E-state index contributed by atoms with van der Waals surface area (Å²) >= 11 is 0. The van der Waals surface area contributed by atoms with Gasteiger partial charge in [-0.05, 0) is 24.2 Å². The number of rotatable bonds is 2. The van der Waals surface area contributed by atoms with Crippen LogP contribution >= 0.6 is 0 Å². The van der Waals surface area contributed by atoms with Crippen molar-refractivity contribution in [2.45, 2.75) is 25.0 Å². The maximum Gasteiger partial charge on any atom is 0.414 e. The molecule has 1 atom stereocenters. The van der Waals surface area contributed by atoms with Gasteiger partial charge in [0.1, 0.15) is 5.60 Å². The van der Waals surface area contributed by atoms with Crippen molar-refractivity contribution >= 4 is 11.8 Å². The fourth-order valence-corrected chi connectivity index (χ4v) is 2.81. The van der Waals surface area contributed by atoms with Gasteiger partial charge in [-0.1, -0.05) is 12.1 Å². The smallest absolute Gasteiger partial charge is 0.414 e. The molecular weight excluding hydrogens is 242 g/mol. The Kier molecular flexibility index (Phi) is 3.16. The number of nitrogens with zero attached hydrogens (tertiary/aromatic N) is 1. The van der Waals surface area contributed by atoms with Gasteiger partial charge >= 0.3 is 6.09 Å². The maximum atomic E-state index is 12.2. The molecule has 0 bridgehead atoms. The molecule has 2 aliphatic rings. The molecule has 19 heavy (non-hydrogen) atoms. The number of carbonyl (C=O) groups is 1. The number of hydrogen-bond acceptors (Lipinski definition) is 4. The van der Waals surface area contributed by atoms with Crippen LogP contribution in [0, 0.1) is 0 Å². The molecule has 2 aliphatic heterocycles. The lowest BCUT2D eigenvalue weighted by molar-refractivity contribution is 0.0105. The lowest BCUT2D eigenvalue weighted by atomic mass is 9.96. The molecule has 102 valence electrons. The highest BCUT2D eigenvalue weighted by atomic mass is 16.6. The average Bonchev–Trinajstić information content (AvgIpc) is 2.87. The van der Waals surface area contributed by atoms with E-state index in [4.69, 9.17) is 10.5 Å². The molecule has 1 amide bonds. The van der Waals surface area contributed by atoms with Crippen molar-refractivity contribution in [3.05, 3.63) is 29.8 Å². The third-order valence-corrected chi connectivity index (χ3v) is 3.98. The quantitative estimate of drug-likeness (QED) is 0.840. The molecule has 1 aromatic carbocycles. The van der Waals surface area contributed by atoms with Crippen molar-refractivity contribution in [2.24, 2.45) is 5.73 Å². The molecular formula is C14H19N3O2. The summed E-state index contributed by atoms with van der Waals surface area (Å²) in [5.41, 5.74) is 7.25. The third-order valence-electron chi connectivity index (χ3n) is 3.98. The van der Waals surface area contributed by atoms with E-state index in [-0.39, 0.29) is 11.7 Å². The van der Waals surface area contributed by atoms with Crippen LogP contribution in [0.5, 0.6) is 0 Å². The maximum absolute atomic E-state index is 12.2. The second-order valence-corrected chi connectivity index (χ2v) is 5.25. The first kappa shape index (κ1) is 12.4. The Bertz CT molecular complexity index is 483. The second-order valence-electron chi connectivity index (χ2n) is 5.25. The molecule has 2 saturated heterocycles. The van der Waals surface area contributed by atoms with Gasteiger partial charge in [0, 0.05) is 38.2 Å². The highest BCUT2D eigenvalue weighted by molar-refractivity contribution is 5.88. The summed E-state index contributed by atoms with van der Waals surface area (Å²) in [4.78, 5) is 13.9. The molecule has 0 radical (unpaired) electrons. The molecule has 2 fully saturated rings. The molecule has 3 rings (SSSR count). The Hall–Kier alpha value is -1.59. The monoisotopic (exact) mass is 261 g/mol. The average molecular weight is 261 g/mol. The summed E-state index contributed by atoms with van der Waals surface area (Å²) < 4.78 is 5.67. The molecule has 1 aromatic rings. The largest absolute Gasteiger partial charge is 0.441 e. The van der Waals surface area contributed by atoms with Crippen LogP contribution in [-0.2, 0) is 11.3 Å². The summed E-state index contributed by atoms with van der Waals surface area (Å²) in [6.45, 7) is 2.88. The number of carbonyl (C=O) groups excluding carboxylic acids is 1. The number of hydrogen-bond donors (Lipinski definition) is 2. The summed E-state index contributed by atoms with van der Waals surface area (Å²) in [6, 6.07) is 7.75. The standard InChI is InChI=1S/C14H19N3O2/c15-9-11-2-1-3-12(8-11)17-7-5-14(19-13(17)18)4-6-16-10-14/h1-3,8,16H,4-7,9-10,15H2. The van der Waals surface area contributed by atoms with Crippen molar-refractivity contribution in [1.29, 1.82) is 0 Å². The normalized spacial score (nSPS) is 26.8. The van der Waals surface area contributed by atoms with Crippen LogP contribution < -0.4 is 16.0 Å². The van der Waals surface area contributed by atoms with Crippen molar-refractivity contribution in [1.82, 2.24) is 5.32 Å². The fraction of sp³-hybridized carbons (Fsp3) is 0.500. The molecule has 0 aliphatic carbocycles. The Labute approximate surface area is 112 Å². The summed E-state index contributed by atoms with van der Waals surface area (Å²) in [5, 5.41) is 3.26. The van der Waals surface area contributed by atoms with Gasteiger partial charge in [-0.2, -0.15) is 0 Å². The van der Waals surface area contributed by atoms with Crippen LogP contribution in [0.2, 0.25) is 0 Å². The van der Waals surface area contributed by atoms with E-state index in [9.17, 15) is 4.79 Å². The zero-order valence-electron chi connectivity index (χ0n) is 10.9. The predicted molar refractivity (Wildman–Crippen MR) is 73.0 cm³/mol. The van der Waals surface area contributed by atoms with Gasteiger partial charge in [0.2, 0.25) is 0 Å². The summed E-state index contributed by atoms with van der Waals surface area (Å²) in [7, 11) is 0. The Morgan fingerprint density at radius 1 is 1.42 bits per heavy atom. The van der Waals surface area contributed by atoms with E-state index < -0.39 is 0 Å². The van der Waals surface area contributed by atoms with Crippen LogP contribution in [0.4, 0.5) is 10.5 Å². The Morgan fingerprint density at radius 3 is 3.00 bits per heavy atom. The lowest BCUT2D eigenvalue weighted by Gasteiger charge is -2.38. The van der Waals surface area contributed by atoms with Gasteiger partial charge in [-0.25, -0.2) is 4.79 Å². The molecule has 0 aromatic heterocycles. The first-order valence-electron chi connectivity index (χ1n) is 6.73. The first-order chi connectivity index (χ1) is 9.22. The molecule has 1 unspecified atom stereocenters. The topological polar surface area (TPSA) is 67.6 Å². The van der Waals surface area contributed by atoms with E-state index >= 15 is 0 Å². The van der Waals surface area contributed by atoms with E-state index in [1.807, 2.05) is 24.3 Å². The zero-order valence-corrected chi connectivity index (χ0v) is 10.9. The third kappa shape index (κ3) is 2.31. The summed E-state index contributed by atoms with van der Waals surface area (Å²) in [5.74, 6) is 0. The molecule has 1 spiro atoms. The molecule has 2 heterocycles. The number of anilines is 1. The van der Waals surface area contributed by atoms with Crippen molar-refractivity contribution < 1.29 is 9.53 Å². The fourth-order valence-electron chi connectivity index (χ4n) is 2.81. The van der Waals surface area contributed by atoms with E-state index in [2.05, 4.69) is 5.32 Å². The van der Waals surface area contributed by atoms with Crippen LogP contribution in [0.15, 0.2) is 24.3 Å². The van der Waals surface area contributed by atoms with Gasteiger partial charge in [-0.3, -0.25) is 4.90 Å². The molecule has 5 heteroatoms. The summed E-state index contributed by atoms with van der Waals surface area (Å²) in [6.07, 6.45) is 1.54. The SMILES string of the molecule is NCc1cccc(N2CCC3(CCNC3)OC2=O)c1. The molecule has 0 saturated carbocycles. The van der Waals surface area contributed by atoms with Gasteiger partial charge < -0.3 is 15.8 Å². The number of benzene rings is 1. The van der Waals surface area contributed by atoms with E-state index in [0.29, 0.717) is 13.1 Å². The van der Waals surface area contributed by atoms with Crippen LogP contribution in [-0.4, -0.2) is 31.3 Å². The molecule has 3 N–H and O–H groups in total. The van der Waals surface area contributed by atoms with Gasteiger partial charge in [-0.15, -0.1) is 0 Å². The Morgan fingerprint density at radius 2 is 2.32 bits per heavy atom. The van der Waals surface area contributed by atoms with Crippen molar-refractivity contribution in [3.8, 4) is 0 Å². The highest BCUT2D eigenvalue weighted by Gasteiger charge is 2.43. The number of amides is 1. The van der Waals surface area contributed by atoms with Gasteiger partial charge in [0.25, 0.3) is 0 Å². The number of ether oxygens (including phenoxy) is 1. The number of nitrogens with two attached hydrogens (primary N) is 1. The van der Waals surface area contributed by atoms with E-state index in [0.717, 1.165) is 37.2 Å². The van der Waals surface area contributed by atoms with E-state index in [1.54, 1.807) is 4.90 Å². The van der Waals surface area contributed by atoms with Crippen LogP contribution in [0.25, 0.3) is 0 Å². The van der Waals surface area contributed by atoms with Crippen molar-refractivity contribution in [2.75, 3.05) is 24.5 Å². The van der Waals surface area contributed by atoms with Gasteiger partial charge in [0.15, 0.2) is 0 Å². The minimum absolute atomic E-state index is 0.246. The zero-order chi connectivity index (χ0) is 13.3. The predicted octanol–water partition coefficient (Wildman–Crippen LogP) is 1.22. The highest BCUT2D eigenvalue weighted by Crippen LogP contribution is 2.31. The first-order valence-corrected chi connectivity index (χ1v) is 6.73. The second kappa shape index (κ2) is 4.83. The molecule has 5 nitrogen and oxygen atoms in total. The van der Waals surface area contributed by atoms with Crippen LogP contribution in [0.3, 0.4) is 0 Å². The van der Waals surface area contributed by atoms with E-state index in [1.165, 1.54) is 0 Å². The minimum Gasteiger partial charge on any atom is -0.441 e. The number of nitrogens with one attached hydrogen (secondary N) is 1. The Balaban J connectivity index is 1.78. The van der Waals surface area contributed by atoms with Crippen LogP contribution in [0.1, 0.15) is 18.4 Å². The minimum atomic E-state index is -0.279. The van der Waals surface area contributed by atoms with Gasteiger partial charge in [0.05, 0.1) is 0 Å².